The second kappa shape index (κ2) is 4.76. The molecule has 1 aliphatic rings. The van der Waals surface area contributed by atoms with Gasteiger partial charge in [-0.3, -0.25) is 0 Å². The summed E-state index contributed by atoms with van der Waals surface area (Å²) in [6.07, 6.45) is 0.252. The maximum Gasteiger partial charge on any atom is 0.338 e. The van der Waals surface area contributed by atoms with Gasteiger partial charge >= 0.3 is 11.9 Å². The van der Waals surface area contributed by atoms with Gasteiger partial charge in [0, 0.05) is 19.4 Å². The quantitative estimate of drug-likeness (QED) is 0.373. The highest BCUT2D eigenvalue weighted by molar-refractivity contribution is 5.81. The van der Waals surface area contributed by atoms with E-state index in [9.17, 15) is 9.59 Å². The molecule has 5 heteroatoms. The van der Waals surface area contributed by atoms with Crippen LogP contribution in [0.4, 0.5) is 0 Å². The third-order valence-corrected chi connectivity index (χ3v) is 1.69. The van der Waals surface area contributed by atoms with Gasteiger partial charge in [0.2, 0.25) is 6.29 Å². The molecule has 0 saturated carbocycles. The molecule has 0 spiro atoms. The van der Waals surface area contributed by atoms with E-state index in [2.05, 4.69) is 11.3 Å². The Morgan fingerprint density at radius 1 is 1.57 bits per heavy atom. The van der Waals surface area contributed by atoms with Gasteiger partial charge < -0.3 is 14.2 Å². The number of ether oxygens (including phenoxy) is 3. The Morgan fingerprint density at radius 3 is 2.64 bits per heavy atom. The normalized spacial score (nSPS) is 21.6. The molecule has 78 valence electrons. The molecule has 14 heavy (non-hydrogen) atoms. The Morgan fingerprint density at radius 2 is 2.21 bits per heavy atom. The molecule has 1 aliphatic heterocycles. The molecule has 1 saturated heterocycles. The fourth-order valence-electron chi connectivity index (χ4n) is 0.897. The number of esters is 2. The predicted octanol–water partition coefficient (Wildman–Crippen LogP) is 0.394. The number of carbonyl (C=O) groups excluding carboxylic acids is 2. The molecule has 0 aliphatic carbocycles. The average molecular weight is 200 g/mol. The molecule has 1 heterocycles. The second-order valence-corrected chi connectivity index (χ2v) is 2.79. The first-order chi connectivity index (χ1) is 6.63. The van der Waals surface area contributed by atoms with Crippen molar-refractivity contribution in [2.45, 2.75) is 25.7 Å². The first-order valence-electron chi connectivity index (χ1n) is 4.28. The SMILES string of the molecule is C=CC(=O)OC(C)OC(=O)C1CCO1. The Labute approximate surface area is 81.6 Å². The lowest BCUT2D eigenvalue weighted by molar-refractivity contribution is -0.197. The number of rotatable bonds is 4. The predicted molar refractivity (Wildman–Crippen MR) is 46.2 cm³/mol. The molecule has 0 radical (unpaired) electrons. The Balaban J connectivity index is 2.24. The molecular weight excluding hydrogens is 188 g/mol. The maximum atomic E-state index is 11.1. The highest BCUT2D eigenvalue weighted by Gasteiger charge is 2.29. The summed E-state index contributed by atoms with van der Waals surface area (Å²) in [5, 5.41) is 0. The van der Waals surface area contributed by atoms with E-state index >= 15 is 0 Å². The smallest absolute Gasteiger partial charge is 0.338 e. The van der Waals surface area contributed by atoms with E-state index in [-0.39, 0.29) is 0 Å². The summed E-state index contributed by atoms with van der Waals surface area (Å²) < 4.78 is 14.3. The van der Waals surface area contributed by atoms with Crippen LogP contribution in [0.2, 0.25) is 0 Å². The van der Waals surface area contributed by atoms with E-state index in [1.807, 2.05) is 0 Å². The lowest BCUT2D eigenvalue weighted by Crippen LogP contribution is -2.38. The van der Waals surface area contributed by atoms with Gasteiger partial charge in [-0.05, 0) is 0 Å². The van der Waals surface area contributed by atoms with Crippen LogP contribution in [0, 0.1) is 0 Å². The van der Waals surface area contributed by atoms with Gasteiger partial charge in [-0.2, -0.15) is 0 Å². The zero-order chi connectivity index (χ0) is 10.6. The van der Waals surface area contributed by atoms with Crippen LogP contribution >= 0.6 is 0 Å². The summed E-state index contributed by atoms with van der Waals surface area (Å²) in [4.78, 5) is 21.8. The van der Waals surface area contributed by atoms with Crippen LogP contribution in [0.3, 0.4) is 0 Å². The molecule has 0 bridgehead atoms. The largest absolute Gasteiger partial charge is 0.424 e. The van der Waals surface area contributed by atoms with Crippen molar-refractivity contribution in [3.05, 3.63) is 12.7 Å². The third-order valence-electron chi connectivity index (χ3n) is 1.69. The molecule has 0 aromatic carbocycles. The van der Waals surface area contributed by atoms with Crippen molar-refractivity contribution in [1.82, 2.24) is 0 Å². The van der Waals surface area contributed by atoms with Gasteiger partial charge in [0.15, 0.2) is 6.10 Å². The van der Waals surface area contributed by atoms with Crippen molar-refractivity contribution in [3.63, 3.8) is 0 Å². The van der Waals surface area contributed by atoms with Gasteiger partial charge in [-0.1, -0.05) is 6.58 Å². The summed E-state index contributed by atoms with van der Waals surface area (Å²) >= 11 is 0. The summed E-state index contributed by atoms with van der Waals surface area (Å²) in [5.74, 6) is -1.12. The lowest BCUT2D eigenvalue weighted by atomic mass is 10.2. The zero-order valence-corrected chi connectivity index (χ0v) is 7.89. The molecule has 2 unspecified atom stereocenters. The molecule has 5 nitrogen and oxygen atoms in total. The monoisotopic (exact) mass is 200 g/mol. The lowest BCUT2D eigenvalue weighted by Gasteiger charge is -2.25. The summed E-state index contributed by atoms with van der Waals surface area (Å²) in [7, 11) is 0. The Hall–Kier alpha value is -1.36. The van der Waals surface area contributed by atoms with Gasteiger partial charge in [0.25, 0.3) is 0 Å². The fraction of sp³-hybridized carbons (Fsp3) is 0.556. The molecule has 2 atom stereocenters. The highest BCUT2D eigenvalue weighted by Crippen LogP contribution is 2.13. The maximum absolute atomic E-state index is 11.1. The van der Waals surface area contributed by atoms with Crippen molar-refractivity contribution < 1.29 is 23.8 Å². The van der Waals surface area contributed by atoms with Gasteiger partial charge in [-0.15, -0.1) is 0 Å². The minimum atomic E-state index is -0.905. The first kappa shape index (κ1) is 10.7. The Bertz CT molecular complexity index is 244. The summed E-state index contributed by atoms with van der Waals surface area (Å²) in [5.41, 5.74) is 0. The first-order valence-corrected chi connectivity index (χ1v) is 4.28. The fourth-order valence-corrected chi connectivity index (χ4v) is 0.897. The van der Waals surface area contributed by atoms with Crippen molar-refractivity contribution in [3.8, 4) is 0 Å². The van der Waals surface area contributed by atoms with Gasteiger partial charge in [-0.25, -0.2) is 9.59 Å². The van der Waals surface area contributed by atoms with Crippen LogP contribution < -0.4 is 0 Å². The molecule has 1 fully saturated rings. The zero-order valence-electron chi connectivity index (χ0n) is 7.89. The standard InChI is InChI=1S/C9H12O5/c1-3-8(10)13-6(2)14-9(11)7-4-5-12-7/h3,6-7H,1,4-5H2,2H3. The van der Waals surface area contributed by atoms with Crippen molar-refractivity contribution in [2.24, 2.45) is 0 Å². The third kappa shape index (κ3) is 2.85. The van der Waals surface area contributed by atoms with Crippen LogP contribution in [0.5, 0.6) is 0 Å². The Kier molecular flexibility index (Phi) is 3.64. The van der Waals surface area contributed by atoms with Crippen molar-refractivity contribution >= 4 is 11.9 Å². The van der Waals surface area contributed by atoms with E-state index in [1.54, 1.807) is 0 Å². The molecule has 0 aromatic heterocycles. The van der Waals surface area contributed by atoms with Crippen molar-refractivity contribution in [1.29, 1.82) is 0 Å². The second-order valence-electron chi connectivity index (χ2n) is 2.79. The molecule has 0 aromatic rings. The van der Waals surface area contributed by atoms with Crippen molar-refractivity contribution in [2.75, 3.05) is 6.61 Å². The van der Waals surface area contributed by atoms with E-state index in [4.69, 9.17) is 9.47 Å². The molecule has 0 amide bonds. The van der Waals surface area contributed by atoms with E-state index in [0.29, 0.717) is 13.0 Å². The minimum absolute atomic E-state index is 0.499. The number of hydrogen-bond acceptors (Lipinski definition) is 5. The van der Waals surface area contributed by atoms with E-state index < -0.39 is 24.3 Å². The summed E-state index contributed by atoms with van der Waals surface area (Å²) in [6, 6.07) is 0. The van der Waals surface area contributed by atoms with E-state index in [0.717, 1.165) is 6.08 Å². The van der Waals surface area contributed by atoms with Crippen LogP contribution in [0.15, 0.2) is 12.7 Å². The molecular formula is C9H12O5. The number of hydrogen-bond donors (Lipinski definition) is 0. The molecule has 0 N–H and O–H groups in total. The van der Waals surface area contributed by atoms with Crippen LogP contribution in [-0.4, -0.2) is 30.9 Å². The van der Waals surface area contributed by atoms with E-state index in [1.165, 1.54) is 6.92 Å². The van der Waals surface area contributed by atoms with Gasteiger partial charge in [0.05, 0.1) is 6.61 Å². The average Bonchev–Trinajstić information content (AvgIpc) is 1.99. The highest BCUT2D eigenvalue weighted by atomic mass is 16.7. The molecule has 1 rings (SSSR count). The summed E-state index contributed by atoms with van der Waals surface area (Å²) in [6.45, 7) is 5.24. The van der Waals surface area contributed by atoms with Gasteiger partial charge in [0.1, 0.15) is 0 Å². The van der Waals surface area contributed by atoms with Crippen LogP contribution in [-0.2, 0) is 23.8 Å². The minimum Gasteiger partial charge on any atom is -0.424 e. The van der Waals surface area contributed by atoms with Crippen LogP contribution in [0.1, 0.15) is 13.3 Å². The number of carbonyl (C=O) groups is 2. The topological polar surface area (TPSA) is 61.8 Å². The van der Waals surface area contributed by atoms with Crippen LogP contribution in [0.25, 0.3) is 0 Å².